The fourth-order valence-electron chi connectivity index (χ4n) is 3.99. The molecule has 0 unspecified atom stereocenters. The number of aromatic nitrogens is 2. The van der Waals surface area contributed by atoms with Gasteiger partial charge in [-0.25, -0.2) is 4.98 Å². The Labute approximate surface area is 161 Å². The molecular weight excluding hydrogens is 366 g/mol. The van der Waals surface area contributed by atoms with Crippen molar-refractivity contribution in [2.24, 2.45) is 0 Å². The van der Waals surface area contributed by atoms with Gasteiger partial charge in [0, 0.05) is 24.5 Å². The summed E-state index contributed by atoms with van der Waals surface area (Å²) in [4.78, 5) is 34.8. The molecule has 26 heavy (non-hydrogen) atoms. The molecule has 1 aliphatic heterocycles. The maximum Gasteiger partial charge on any atom is 0.263 e. The first-order valence-corrected chi connectivity index (χ1v) is 11.3. The number of thiophene rings is 1. The number of carbonyl (C=O) groups excluding carboxylic acids is 1. The largest absolute Gasteiger partial charge is 0.342 e. The average Bonchev–Trinajstić information content (AvgIpc) is 3.28. The Morgan fingerprint density at radius 3 is 2.69 bits per heavy atom. The van der Waals surface area contributed by atoms with Crippen LogP contribution in [0.5, 0.6) is 0 Å². The highest BCUT2D eigenvalue weighted by Crippen LogP contribution is 2.35. The summed E-state index contributed by atoms with van der Waals surface area (Å²) in [6, 6.07) is 0. The standard InChI is InChI=1S/C19H25N3O2S2/c1-3-22-18(24)15-13-8-4-5-9-14(13)26-16(15)20-19(22)25-12(2)17(23)21-10-6-7-11-21/h12H,3-11H2,1-2H3/t12-/m0/s1. The second-order valence-corrected chi connectivity index (χ2v) is 9.52. The summed E-state index contributed by atoms with van der Waals surface area (Å²) < 4.78 is 1.75. The fraction of sp³-hybridized carbons (Fsp3) is 0.632. The van der Waals surface area contributed by atoms with E-state index in [-0.39, 0.29) is 16.7 Å². The number of carbonyl (C=O) groups is 1. The molecule has 1 aliphatic carbocycles. The molecule has 0 radical (unpaired) electrons. The molecule has 2 aliphatic rings. The van der Waals surface area contributed by atoms with E-state index in [0.29, 0.717) is 11.7 Å². The lowest BCUT2D eigenvalue weighted by atomic mass is 9.97. The number of likely N-dealkylation sites (tertiary alicyclic amines) is 1. The number of thioether (sulfide) groups is 1. The number of aryl methyl sites for hydroxylation is 2. The third kappa shape index (κ3) is 3.09. The highest BCUT2D eigenvalue weighted by atomic mass is 32.2. The number of rotatable bonds is 4. The van der Waals surface area contributed by atoms with Crippen molar-refractivity contribution < 1.29 is 4.79 Å². The summed E-state index contributed by atoms with van der Waals surface area (Å²) in [7, 11) is 0. The van der Waals surface area contributed by atoms with Crippen molar-refractivity contribution in [1.29, 1.82) is 0 Å². The van der Waals surface area contributed by atoms with Gasteiger partial charge in [0.2, 0.25) is 5.91 Å². The van der Waals surface area contributed by atoms with E-state index in [2.05, 4.69) is 0 Å². The molecular formula is C19H25N3O2S2. The van der Waals surface area contributed by atoms with Crippen molar-refractivity contribution in [2.75, 3.05) is 13.1 Å². The van der Waals surface area contributed by atoms with Gasteiger partial charge in [-0.1, -0.05) is 11.8 Å². The number of hydrogen-bond acceptors (Lipinski definition) is 5. The zero-order valence-electron chi connectivity index (χ0n) is 15.4. The van der Waals surface area contributed by atoms with Gasteiger partial charge in [0.15, 0.2) is 5.16 Å². The van der Waals surface area contributed by atoms with Crippen LogP contribution in [-0.4, -0.2) is 38.7 Å². The Morgan fingerprint density at radius 2 is 1.96 bits per heavy atom. The SMILES string of the molecule is CCn1c(S[C@@H](C)C(=O)N2CCCC2)nc2sc3c(c2c1=O)CCCC3. The Bertz CT molecular complexity index is 896. The fourth-order valence-corrected chi connectivity index (χ4v) is 6.35. The third-order valence-corrected chi connectivity index (χ3v) is 7.67. The van der Waals surface area contributed by atoms with E-state index in [1.807, 2.05) is 18.7 Å². The lowest BCUT2D eigenvalue weighted by molar-refractivity contribution is -0.129. The van der Waals surface area contributed by atoms with Crippen LogP contribution < -0.4 is 5.56 Å². The van der Waals surface area contributed by atoms with Gasteiger partial charge in [-0.15, -0.1) is 11.3 Å². The van der Waals surface area contributed by atoms with Crippen LogP contribution in [0.15, 0.2) is 9.95 Å². The molecule has 0 bridgehead atoms. The average molecular weight is 392 g/mol. The predicted octanol–water partition coefficient (Wildman–Crippen LogP) is 3.46. The van der Waals surface area contributed by atoms with Crippen molar-refractivity contribution in [3.8, 4) is 0 Å². The second-order valence-electron chi connectivity index (χ2n) is 7.13. The zero-order chi connectivity index (χ0) is 18.3. The van der Waals surface area contributed by atoms with Gasteiger partial charge in [0.05, 0.1) is 10.6 Å². The lowest BCUT2D eigenvalue weighted by Gasteiger charge is -2.20. The molecule has 140 valence electrons. The minimum absolute atomic E-state index is 0.0696. The van der Waals surface area contributed by atoms with Gasteiger partial charge >= 0.3 is 0 Å². The lowest BCUT2D eigenvalue weighted by Crippen LogP contribution is -2.34. The van der Waals surface area contributed by atoms with E-state index in [0.717, 1.165) is 55.4 Å². The third-order valence-electron chi connectivity index (χ3n) is 5.40. The quantitative estimate of drug-likeness (QED) is 0.592. The van der Waals surface area contributed by atoms with E-state index in [9.17, 15) is 9.59 Å². The van der Waals surface area contributed by atoms with Crippen LogP contribution in [0.4, 0.5) is 0 Å². The van der Waals surface area contributed by atoms with Crippen molar-refractivity contribution in [3.63, 3.8) is 0 Å². The molecule has 2 aromatic rings. The molecule has 0 aromatic carbocycles. The van der Waals surface area contributed by atoms with Gasteiger partial charge in [-0.2, -0.15) is 0 Å². The second kappa shape index (κ2) is 7.35. The molecule has 0 saturated carbocycles. The molecule has 0 spiro atoms. The first kappa shape index (κ1) is 18.0. The monoisotopic (exact) mass is 391 g/mol. The molecule has 2 aromatic heterocycles. The molecule has 7 heteroatoms. The maximum absolute atomic E-state index is 13.1. The highest BCUT2D eigenvalue weighted by molar-refractivity contribution is 8.00. The van der Waals surface area contributed by atoms with Crippen LogP contribution in [0.3, 0.4) is 0 Å². The van der Waals surface area contributed by atoms with Crippen molar-refractivity contribution >= 4 is 39.2 Å². The molecule has 1 atom stereocenters. The van der Waals surface area contributed by atoms with E-state index in [4.69, 9.17) is 4.98 Å². The molecule has 1 fully saturated rings. The smallest absolute Gasteiger partial charge is 0.263 e. The summed E-state index contributed by atoms with van der Waals surface area (Å²) in [5.41, 5.74) is 1.30. The number of nitrogens with zero attached hydrogens (tertiary/aromatic N) is 3. The van der Waals surface area contributed by atoms with E-state index >= 15 is 0 Å². The van der Waals surface area contributed by atoms with Crippen LogP contribution in [0, 0.1) is 0 Å². The van der Waals surface area contributed by atoms with Crippen LogP contribution in [0.25, 0.3) is 10.2 Å². The Hall–Kier alpha value is -1.34. The first-order valence-electron chi connectivity index (χ1n) is 9.60. The minimum atomic E-state index is -0.218. The Kier molecular flexibility index (Phi) is 5.10. The van der Waals surface area contributed by atoms with Crippen molar-refractivity contribution in [1.82, 2.24) is 14.5 Å². The predicted molar refractivity (Wildman–Crippen MR) is 107 cm³/mol. The van der Waals surface area contributed by atoms with Crippen LogP contribution in [0.2, 0.25) is 0 Å². The minimum Gasteiger partial charge on any atom is -0.342 e. The summed E-state index contributed by atoms with van der Waals surface area (Å²) in [6.07, 6.45) is 6.59. The molecule has 3 heterocycles. The topological polar surface area (TPSA) is 55.2 Å². The Balaban J connectivity index is 1.70. The number of fused-ring (bicyclic) bond motifs is 3. The summed E-state index contributed by atoms with van der Waals surface area (Å²) in [6.45, 7) is 6.20. The zero-order valence-corrected chi connectivity index (χ0v) is 17.0. The summed E-state index contributed by atoms with van der Waals surface area (Å²) >= 11 is 3.11. The van der Waals surface area contributed by atoms with E-state index < -0.39 is 0 Å². The van der Waals surface area contributed by atoms with Crippen molar-refractivity contribution in [2.45, 2.75) is 69.3 Å². The molecule has 5 nitrogen and oxygen atoms in total. The molecule has 0 N–H and O–H groups in total. The maximum atomic E-state index is 13.1. The van der Waals surface area contributed by atoms with Gasteiger partial charge < -0.3 is 4.90 Å². The van der Waals surface area contributed by atoms with Crippen molar-refractivity contribution in [3.05, 3.63) is 20.8 Å². The normalized spacial score (nSPS) is 18.3. The van der Waals surface area contributed by atoms with E-state index in [1.165, 1.54) is 28.6 Å². The van der Waals surface area contributed by atoms with Gasteiger partial charge in [0.1, 0.15) is 4.83 Å². The molecule has 1 amide bonds. The van der Waals surface area contributed by atoms with E-state index in [1.54, 1.807) is 15.9 Å². The summed E-state index contributed by atoms with van der Waals surface area (Å²) in [5.74, 6) is 0.162. The summed E-state index contributed by atoms with van der Waals surface area (Å²) in [5, 5.41) is 1.29. The number of hydrogen-bond donors (Lipinski definition) is 0. The molecule has 4 rings (SSSR count). The highest BCUT2D eigenvalue weighted by Gasteiger charge is 2.27. The Morgan fingerprint density at radius 1 is 1.23 bits per heavy atom. The first-order chi connectivity index (χ1) is 12.6. The molecule has 1 saturated heterocycles. The van der Waals surface area contributed by atoms with Crippen LogP contribution in [-0.2, 0) is 24.2 Å². The van der Waals surface area contributed by atoms with Gasteiger partial charge in [-0.3, -0.25) is 14.2 Å². The van der Waals surface area contributed by atoms with Crippen LogP contribution in [0.1, 0.15) is 50.0 Å². The van der Waals surface area contributed by atoms with Gasteiger partial charge in [-0.05, 0) is 57.9 Å². The van der Waals surface area contributed by atoms with Gasteiger partial charge in [0.25, 0.3) is 5.56 Å². The number of amides is 1. The van der Waals surface area contributed by atoms with Crippen LogP contribution >= 0.6 is 23.1 Å².